The zero-order valence-corrected chi connectivity index (χ0v) is 16.5. The highest BCUT2D eigenvalue weighted by Gasteiger charge is 2.32. The maximum Gasteiger partial charge on any atom is 0.267 e. The first-order chi connectivity index (χ1) is 13.9. The lowest BCUT2D eigenvalue weighted by atomic mass is 10.1. The zero-order chi connectivity index (χ0) is 20.4. The number of sulfonamides is 1. The van der Waals surface area contributed by atoms with E-state index >= 15 is 0 Å². The first-order valence-corrected chi connectivity index (χ1v) is 10.9. The average Bonchev–Trinajstić information content (AvgIpc) is 2.74. The molecular formula is C20H21FN2O5S. The van der Waals surface area contributed by atoms with Gasteiger partial charge in [-0.05, 0) is 55.7 Å². The Hall–Kier alpha value is -2.81. The van der Waals surface area contributed by atoms with E-state index in [4.69, 9.17) is 9.47 Å². The van der Waals surface area contributed by atoms with E-state index in [0.717, 1.165) is 32.4 Å². The lowest BCUT2D eigenvalue weighted by molar-refractivity contribution is -0.142. The van der Waals surface area contributed by atoms with Gasteiger partial charge in [0, 0.05) is 24.8 Å². The summed E-state index contributed by atoms with van der Waals surface area (Å²) in [4.78, 5) is 14.4. The molecule has 2 aliphatic heterocycles. The molecule has 1 fully saturated rings. The van der Waals surface area contributed by atoms with Crippen LogP contribution in [-0.4, -0.2) is 45.0 Å². The zero-order valence-electron chi connectivity index (χ0n) is 15.6. The summed E-state index contributed by atoms with van der Waals surface area (Å²) in [5.41, 5.74) is 0.244. The van der Waals surface area contributed by atoms with E-state index < -0.39 is 21.9 Å². The predicted octanol–water partition coefficient (Wildman–Crippen LogP) is 2.78. The number of amides is 1. The highest BCUT2D eigenvalue weighted by Crippen LogP contribution is 2.35. The monoisotopic (exact) mass is 420 g/mol. The van der Waals surface area contributed by atoms with Crippen LogP contribution in [0, 0.1) is 5.82 Å². The van der Waals surface area contributed by atoms with Crippen LogP contribution in [0.3, 0.4) is 0 Å². The molecule has 154 valence electrons. The van der Waals surface area contributed by atoms with Crippen LogP contribution >= 0.6 is 0 Å². The van der Waals surface area contributed by atoms with Crippen molar-refractivity contribution in [3.63, 3.8) is 0 Å². The molecule has 2 aliphatic rings. The number of likely N-dealkylation sites (tertiary alicyclic amines) is 1. The fourth-order valence-electron chi connectivity index (χ4n) is 3.39. The molecule has 1 atom stereocenters. The van der Waals surface area contributed by atoms with Gasteiger partial charge in [0.25, 0.3) is 15.9 Å². The molecule has 0 aliphatic carbocycles. The molecule has 1 unspecified atom stereocenters. The molecule has 2 aromatic carbocycles. The van der Waals surface area contributed by atoms with Crippen molar-refractivity contribution in [2.24, 2.45) is 0 Å². The van der Waals surface area contributed by atoms with Gasteiger partial charge in [-0.3, -0.25) is 9.52 Å². The molecule has 0 aromatic heterocycles. The van der Waals surface area contributed by atoms with Gasteiger partial charge >= 0.3 is 0 Å². The second-order valence-corrected chi connectivity index (χ2v) is 8.71. The predicted molar refractivity (Wildman–Crippen MR) is 104 cm³/mol. The lowest BCUT2D eigenvalue weighted by Crippen LogP contribution is -2.48. The van der Waals surface area contributed by atoms with Crippen LogP contribution < -0.4 is 14.2 Å². The van der Waals surface area contributed by atoms with Gasteiger partial charge < -0.3 is 14.4 Å². The van der Waals surface area contributed by atoms with Crippen molar-refractivity contribution in [1.82, 2.24) is 4.90 Å². The smallest absolute Gasteiger partial charge is 0.267 e. The molecule has 1 N–H and O–H groups in total. The molecule has 0 saturated carbocycles. The third-order valence-electron chi connectivity index (χ3n) is 4.92. The molecule has 1 amide bonds. The van der Waals surface area contributed by atoms with E-state index in [-0.39, 0.29) is 28.8 Å². The standard InChI is InChI=1S/C20H21FN2O5S/c21-14-4-6-15(7-5-14)22-29(25,26)16-8-9-17-18(12-16)27-13-19(28-17)20(24)23-10-2-1-3-11-23/h4-9,12,19,22H,1-3,10-11,13H2. The number of rotatable bonds is 4. The van der Waals surface area contributed by atoms with Gasteiger partial charge in [0.15, 0.2) is 11.5 Å². The van der Waals surface area contributed by atoms with E-state index in [0.29, 0.717) is 5.75 Å². The molecule has 0 bridgehead atoms. The number of hydrogen-bond donors (Lipinski definition) is 1. The SMILES string of the molecule is O=C(C1COc2cc(S(=O)(=O)Nc3ccc(F)cc3)ccc2O1)N1CCCCC1. The van der Waals surface area contributed by atoms with E-state index in [1.807, 2.05) is 0 Å². The summed E-state index contributed by atoms with van der Waals surface area (Å²) in [6, 6.07) is 9.21. The van der Waals surface area contributed by atoms with Crippen LogP contribution in [0.5, 0.6) is 11.5 Å². The number of carbonyl (C=O) groups excluding carboxylic acids is 1. The van der Waals surface area contributed by atoms with E-state index in [2.05, 4.69) is 4.72 Å². The molecule has 0 radical (unpaired) electrons. The van der Waals surface area contributed by atoms with Gasteiger partial charge in [-0.25, -0.2) is 12.8 Å². The molecule has 4 rings (SSSR count). The summed E-state index contributed by atoms with van der Waals surface area (Å²) in [6.45, 7) is 1.47. The Labute approximate surface area is 168 Å². The summed E-state index contributed by atoms with van der Waals surface area (Å²) < 4.78 is 52.0. The largest absolute Gasteiger partial charge is 0.485 e. The lowest BCUT2D eigenvalue weighted by Gasteiger charge is -2.32. The third-order valence-corrected chi connectivity index (χ3v) is 6.30. The second-order valence-electron chi connectivity index (χ2n) is 7.02. The molecule has 0 spiro atoms. The minimum Gasteiger partial charge on any atom is -0.485 e. The maximum atomic E-state index is 13.0. The minimum absolute atomic E-state index is 0.0232. The Balaban J connectivity index is 1.48. The van der Waals surface area contributed by atoms with Crippen molar-refractivity contribution in [2.75, 3.05) is 24.4 Å². The number of ether oxygens (including phenoxy) is 2. The minimum atomic E-state index is -3.89. The second kappa shape index (κ2) is 7.90. The first-order valence-electron chi connectivity index (χ1n) is 9.43. The van der Waals surface area contributed by atoms with E-state index in [1.54, 1.807) is 4.90 Å². The van der Waals surface area contributed by atoms with Crippen molar-refractivity contribution >= 4 is 21.6 Å². The highest BCUT2D eigenvalue weighted by molar-refractivity contribution is 7.92. The fourth-order valence-corrected chi connectivity index (χ4v) is 4.46. The average molecular weight is 420 g/mol. The number of halogens is 1. The van der Waals surface area contributed by atoms with Gasteiger partial charge in [-0.2, -0.15) is 0 Å². The van der Waals surface area contributed by atoms with Gasteiger partial charge in [0.2, 0.25) is 6.10 Å². The highest BCUT2D eigenvalue weighted by atomic mass is 32.2. The number of nitrogens with one attached hydrogen (secondary N) is 1. The van der Waals surface area contributed by atoms with Gasteiger partial charge in [0.1, 0.15) is 12.4 Å². The summed E-state index contributed by atoms with van der Waals surface area (Å²) in [7, 11) is -3.89. The summed E-state index contributed by atoms with van der Waals surface area (Å²) in [6.07, 6.45) is 2.36. The normalized spacial score (nSPS) is 18.9. The third kappa shape index (κ3) is 4.29. The van der Waals surface area contributed by atoms with Crippen LogP contribution in [0.2, 0.25) is 0 Å². The Morgan fingerprint density at radius 3 is 2.48 bits per heavy atom. The summed E-state index contributed by atoms with van der Waals surface area (Å²) >= 11 is 0. The summed E-state index contributed by atoms with van der Waals surface area (Å²) in [5.74, 6) is 0.0213. The molecular weight excluding hydrogens is 399 g/mol. The number of nitrogens with zero attached hydrogens (tertiary/aromatic N) is 1. The topological polar surface area (TPSA) is 84.9 Å². The molecule has 9 heteroatoms. The Morgan fingerprint density at radius 2 is 1.76 bits per heavy atom. The van der Waals surface area contributed by atoms with Crippen molar-refractivity contribution in [3.05, 3.63) is 48.3 Å². The van der Waals surface area contributed by atoms with Gasteiger partial charge in [0.05, 0.1) is 4.90 Å². The Bertz CT molecular complexity index is 1000. The number of anilines is 1. The number of hydrogen-bond acceptors (Lipinski definition) is 5. The molecule has 2 heterocycles. The van der Waals surface area contributed by atoms with Crippen LogP contribution in [-0.2, 0) is 14.8 Å². The quantitative estimate of drug-likeness (QED) is 0.822. The van der Waals surface area contributed by atoms with Crippen LogP contribution in [0.4, 0.5) is 10.1 Å². The maximum absolute atomic E-state index is 13.0. The van der Waals surface area contributed by atoms with Gasteiger partial charge in [-0.15, -0.1) is 0 Å². The molecule has 2 aromatic rings. The van der Waals surface area contributed by atoms with Crippen molar-refractivity contribution in [2.45, 2.75) is 30.3 Å². The fraction of sp³-hybridized carbons (Fsp3) is 0.350. The molecule has 1 saturated heterocycles. The number of fused-ring (bicyclic) bond motifs is 1. The van der Waals surface area contributed by atoms with Gasteiger partial charge in [-0.1, -0.05) is 0 Å². The van der Waals surface area contributed by atoms with Crippen molar-refractivity contribution < 1.29 is 27.1 Å². The van der Waals surface area contributed by atoms with E-state index in [9.17, 15) is 17.6 Å². The summed E-state index contributed by atoms with van der Waals surface area (Å²) in [5, 5.41) is 0. The van der Waals surface area contributed by atoms with E-state index in [1.165, 1.54) is 42.5 Å². The Kier molecular flexibility index (Phi) is 5.31. The van der Waals surface area contributed by atoms with Crippen molar-refractivity contribution in [1.29, 1.82) is 0 Å². The number of benzene rings is 2. The van der Waals surface area contributed by atoms with Crippen LogP contribution in [0.15, 0.2) is 47.4 Å². The molecule has 7 nitrogen and oxygen atoms in total. The number of piperidine rings is 1. The molecule has 29 heavy (non-hydrogen) atoms. The number of carbonyl (C=O) groups is 1. The Morgan fingerprint density at radius 1 is 1.03 bits per heavy atom. The van der Waals surface area contributed by atoms with Crippen LogP contribution in [0.1, 0.15) is 19.3 Å². The van der Waals surface area contributed by atoms with Crippen molar-refractivity contribution in [3.8, 4) is 11.5 Å². The first kappa shape index (κ1) is 19.5. The van der Waals surface area contributed by atoms with Crippen LogP contribution in [0.25, 0.3) is 0 Å².